The van der Waals surface area contributed by atoms with Crippen LogP contribution in [0, 0.1) is 5.82 Å². The number of rotatable bonds is 2. The van der Waals surface area contributed by atoms with E-state index in [1.807, 2.05) is 0 Å². The second-order valence-corrected chi connectivity index (χ2v) is 5.25. The molecule has 0 aromatic heterocycles. The first-order chi connectivity index (χ1) is 9.30. The lowest BCUT2D eigenvalue weighted by molar-refractivity contribution is -0.140. The highest BCUT2D eigenvalue weighted by Gasteiger charge is 2.36. The summed E-state index contributed by atoms with van der Waals surface area (Å²) < 4.78 is 51.5. The fourth-order valence-electron chi connectivity index (χ4n) is 2.25. The Labute approximate surface area is 118 Å². The summed E-state index contributed by atoms with van der Waals surface area (Å²) in [6.45, 7) is 0. The molecule has 20 heavy (non-hydrogen) atoms. The maximum atomic E-state index is 13.8. The van der Waals surface area contributed by atoms with Gasteiger partial charge >= 0.3 is 6.18 Å². The summed E-state index contributed by atoms with van der Waals surface area (Å²) in [4.78, 5) is 11.9. The monoisotopic (exact) mass is 309 g/mol. The lowest BCUT2D eigenvalue weighted by Gasteiger charge is -2.17. The number of alkyl halides is 4. The van der Waals surface area contributed by atoms with Gasteiger partial charge in [0, 0.05) is 6.04 Å². The lowest BCUT2D eigenvalue weighted by atomic mass is 10.1. The van der Waals surface area contributed by atoms with Crippen LogP contribution in [0.1, 0.15) is 35.2 Å². The van der Waals surface area contributed by atoms with Crippen LogP contribution in [0.25, 0.3) is 0 Å². The van der Waals surface area contributed by atoms with Crippen molar-refractivity contribution in [3.05, 3.63) is 35.1 Å². The van der Waals surface area contributed by atoms with Crippen molar-refractivity contribution in [1.29, 1.82) is 0 Å². The zero-order chi connectivity index (χ0) is 14.9. The van der Waals surface area contributed by atoms with E-state index in [-0.39, 0.29) is 11.4 Å². The topological polar surface area (TPSA) is 29.1 Å². The van der Waals surface area contributed by atoms with E-state index < -0.39 is 29.0 Å². The predicted octanol–water partition coefficient (Wildman–Crippen LogP) is 3.73. The molecule has 1 N–H and O–H groups in total. The number of hydrogen-bond acceptors (Lipinski definition) is 1. The number of amides is 1. The molecule has 1 aromatic rings. The number of benzene rings is 1. The van der Waals surface area contributed by atoms with E-state index in [2.05, 4.69) is 5.32 Å². The van der Waals surface area contributed by atoms with Crippen LogP contribution in [0.15, 0.2) is 18.2 Å². The van der Waals surface area contributed by atoms with Crippen molar-refractivity contribution in [3.8, 4) is 0 Å². The standard InChI is InChI=1S/C13H12ClF4NO/c14-9-5-2-6-10(9)19-12(20)7-3-1-4-8(11(7)15)13(16,17)18/h1,3-4,9-10H,2,5-6H2,(H,19,20). The summed E-state index contributed by atoms with van der Waals surface area (Å²) in [5.74, 6) is -2.42. The highest BCUT2D eigenvalue weighted by Crippen LogP contribution is 2.32. The van der Waals surface area contributed by atoms with Gasteiger partial charge in [0.05, 0.1) is 16.5 Å². The number of hydrogen-bond donors (Lipinski definition) is 1. The molecule has 2 unspecified atom stereocenters. The van der Waals surface area contributed by atoms with Gasteiger partial charge in [0.1, 0.15) is 5.82 Å². The van der Waals surface area contributed by atoms with Gasteiger partial charge in [-0.05, 0) is 31.4 Å². The van der Waals surface area contributed by atoms with Gasteiger partial charge in [-0.25, -0.2) is 4.39 Å². The van der Waals surface area contributed by atoms with Gasteiger partial charge in [-0.15, -0.1) is 11.6 Å². The maximum Gasteiger partial charge on any atom is 0.419 e. The van der Waals surface area contributed by atoms with Crippen LogP contribution in [0.2, 0.25) is 0 Å². The Bertz CT molecular complexity index is 518. The van der Waals surface area contributed by atoms with Crippen molar-refractivity contribution in [2.75, 3.05) is 0 Å². The van der Waals surface area contributed by atoms with Gasteiger partial charge in [0.25, 0.3) is 5.91 Å². The third-order valence-electron chi connectivity index (χ3n) is 3.30. The molecule has 1 saturated carbocycles. The second-order valence-electron chi connectivity index (χ2n) is 4.69. The van der Waals surface area contributed by atoms with E-state index in [1.165, 1.54) is 0 Å². The van der Waals surface area contributed by atoms with E-state index in [0.29, 0.717) is 12.5 Å². The van der Waals surface area contributed by atoms with Crippen LogP contribution >= 0.6 is 11.6 Å². The van der Waals surface area contributed by atoms with Gasteiger partial charge in [0.2, 0.25) is 0 Å². The summed E-state index contributed by atoms with van der Waals surface area (Å²) >= 11 is 5.96. The molecule has 7 heteroatoms. The van der Waals surface area contributed by atoms with Gasteiger partial charge in [-0.2, -0.15) is 13.2 Å². The molecule has 1 aliphatic carbocycles. The Morgan fingerprint density at radius 1 is 1.30 bits per heavy atom. The van der Waals surface area contributed by atoms with Crippen molar-refractivity contribution in [2.45, 2.75) is 36.9 Å². The first kappa shape index (κ1) is 15.1. The summed E-state index contributed by atoms with van der Waals surface area (Å²) in [6, 6.07) is 2.30. The molecule has 2 atom stereocenters. The Morgan fingerprint density at radius 3 is 2.55 bits per heavy atom. The van der Waals surface area contributed by atoms with Crippen molar-refractivity contribution in [1.82, 2.24) is 5.32 Å². The third-order valence-corrected chi connectivity index (χ3v) is 3.82. The van der Waals surface area contributed by atoms with Crippen molar-refractivity contribution < 1.29 is 22.4 Å². The van der Waals surface area contributed by atoms with E-state index in [4.69, 9.17) is 11.6 Å². The van der Waals surface area contributed by atoms with Gasteiger partial charge < -0.3 is 5.32 Å². The van der Waals surface area contributed by atoms with Crippen LogP contribution in [-0.4, -0.2) is 17.3 Å². The van der Waals surface area contributed by atoms with Crippen LogP contribution in [-0.2, 0) is 6.18 Å². The van der Waals surface area contributed by atoms with Crippen LogP contribution < -0.4 is 5.32 Å². The molecule has 1 amide bonds. The van der Waals surface area contributed by atoms with E-state index in [1.54, 1.807) is 0 Å². The SMILES string of the molecule is O=C(NC1CCCC1Cl)c1cccc(C(F)(F)F)c1F. The Kier molecular flexibility index (Phi) is 4.22. The minimum absolute atomic E-state index is 0.271. The summed E-state index contributed by atoms with van der Waals surface area (Å²) in [6.07, 6.45) is -2.65. The minimum Gasteiger partial charge on any atom is -0.348 e. The van der Waals surface area contributed by atoms with Crippen LogP contribution in [0.4, 0.5) is 17.6 Å². The fraction of sp³-hybridized carbons (Fsp3) is 0.462. The molecule has 2 nitrogen and oxygen atoms in total. The van der Waals surface area contributed by atoms with Crippen LogP contribution in [0.5, 0.6) is 0 Å². The number of carbonyl (C=O) groups excluding carboxylic acids is 1. The first-order valence-corrected chi connectivity index (χ1v) is 6.55. The molecule has 110 valence electrons. The number of carbonyl (C=O) groups is 1. The number of halogens is 5. The highest BCUT2D eigenvalue weighted by molar-refractivity contribution is 6.21. The average molecular weight is 310 g/mol. The van der Waals surface area contributed by atoms with Crippen molar-refractivity contribution >= 4 is 17.5 Å². The molecular weight excluding hydrogens is 298 g/mol. The Balaban J connectivity index is 2.22. The molecule has 1 aromatic carbocycles. The molecule has 1 aliphatic rings. The van der Waals surface area contributed by atoms with Gasteiger partial charge in [0.15, 0.2) is 0 Å². The largest absolute Gasteiger partial charge is 0.419 e. The summed E-state index contributed by atoms with van der Waals surface area (Å²) in [5.41, 5.74) is -2.06. The van der Waals surface area contributed by atoms with Gasteiger partial charge in [-0.3, -0.25) is 4.79 Å². The summed E-state index contributed by atoms with van der Waals surface area (Å²) in [7, 11) is 0. The van der Waals surface area contributed by atoms with E-state index >= 15 is 0 Å². The molecule has 2 rings (SSSR count). The molecule has 0 aliphatic heterocycles. The molecule has 0 heterocycles. The average Bonchev–Trinajstić information content (AvgIpc) is 2.73. The van der Waals surface area contributed by atoms with Crippen molar-refractivity contribution in [2.24, 2.45) is 0 Å². The maximum absolute atomic E-state index is 13.8. The lowest BCUT2D eigenvalue weighted by Crippen LogP contribution is -2.38. The number of nitrogens with one attached hydrogen (secondary N) is 1. The summed E-state index contributed by atoms with van der Waals surface area (Å²) in [5, 5.41) is 2.22. The third kappa shape index (κ3) is 3.06. The molecule has 0 bridgehead atoms. The van der Waals surface area contributed by atoms with E-state index in [0.717, 1.165) is 25.0 Å². The van der Waals surface area contributed by atoms with E-state index in [9.17, 15) is 22.4 Å². The first-order valence-electron chi connectivity index (χ1n) is 6.11. The molecular formula is C13H12ClF4NO. The van der Waals surface area contributed by atoms with Crippen molar-refractivity contribution in [3.63, 3.8) is 0 Å². The normalized spacial score (nSPS) is 22.9. The minimum atomic E-state index is -4.83. The predicted molar refractivity (Wildman–Crippen MR) is 66.1 cm³/mol. The molecule has 1 fully saturated rings. The molecule has 0 radical (unpaired) electrons. The molecule has 0 saturated heterocycles. The van der Waals surface area contributed by atoms with Crippen LogP contribution in [0.3, 0.4) is 0 Å². The Morgan fingerprint density at radius 2 is 2.00 bits per heavy atom. The Hall–Kier alpha value is -1.30. The fourth-order valence-corrected chi connectivity index (χ4v) is 2.59. The van der Waals surface area contributed by atoms with Gasteiger partial charge in [-0.1, -0.05) is 6.07 Å². The smallest absolute Gasteiger partial charge is 0.348 e. The highest BCUT2D eigenvalue weighted by atomic mass is 35.5. The second kappa shape index (κ2) is 5.60. The molecule has 0 spiro atoms. The zero-order valence-electron chi connectivity index (χ0n) is 10.3. The zero-order valence-corrected chi connectivity index (χ0v) is 11.1. The quantitative estimate of drug-likeness (QED) is 0.654.